The number of nitrogens with zero attached hydrogens (tertiary/aromatic N) is 2. The molecule has 0 unspecified atom stereocenters. The Balaban J connectivity index is 1.82. The number of aromatic nitrogens is 2. The molecule has 0 fully saturated rings. The van der Waals surface area contributed by atoms with E-state index in [0.717, 1.165) is 16.5 Å². The van der Waals surface area contributed by atoms with Crippen LogP contribution >= 0.6 is 0 Å². The van der Waals surface area contributed by atoms with Gasteiger partial charge < -0.3 is 0 Å². The maximum absolute atomic E-state index is 12.1. The number of hydrogen-bond acceptors (Lipinski definition) is 6. The van der Waals surface area contributed by atoms with E-state index in [9.17, 15) is 25.9 Å². The van der Waals surface area contributed by atoms with E-state index in [4.69, 9.17) is 9.97 Å². The first-order valence-electron chi connectivity index (χ1n) is 10.8. The molecule has 2 heterocycles. The molecule has 0 aliphatic rings. The fourth-order valence-corrected chi connectivity index (χ4v) is 5.60. The summed E-state index contributed by atoms with van der Waals surface area (Å²) in [6.45, 7) is 3.63. The fourth-order valence-electron chi connectivity index (χ4n) is 4.41. The van der Waals surface area contributed by atoms with Crippen LogP contribution in [0.4, 0.5) is 0 Å². The first-order chi connectivity index (χ1) is 16.9. The van der Waals surface area contributed by atoms with Crippen LogP contribution in [0.25, 0.3) is 44.1 Å². The molecule has 0 radical (unpaired) electrons. The largest absolute Gasteiger partial charge is 0.295 e. The highest BCUT2D eigenvalue weighted by atomic mass is 32.2. The maximum atomic E-state index is 12.1. The summed E-state index contributed by atoms with van der Waals surface area (Å²) in [4.78, 5) is 9.04. The number of aryl methyl sites for hydroxylation is 2. The molecule has 182 valence electrons. The van der Waals surface area contributed by atoms with Crippen molar-refractivity contribution in [2.24, 2.45) is 0 Å². The average Bonchev–Trinajstić information content (AvgIpc) is 2.82. The van der Waals surface area contributed by atoms with Gasteiger partial charge in [-0.15, -0.1) is 0 Å². The number of hydrogen-bond donors (Lipinski definition) is 2. The molecule has 0 saturated carbocycles. The summed E-state index contributed by atoms with van der Waals surface area (Å²) in [6, 6.07) is 19.4. The minimum absolute atomic E-state index is 0.200. The summed E-state index contributed by atoms with van der Waals surface area (Å²) in [6.07, 6.45) is 0. The number of rotatable bonds is 4. The molecule has 3 aromatic carbocycles. The van der Waals surface area contributed by atoms with Crippen molar-refractivity contribution in [1.82, 2.24) is 9.97 Å². The van der Waals surface area contributed by atoms with E-state index in [-0.39, 0.29) is 9.79 Å². The van der Waals surface area contributed by atoms with Gasteiger partial charge in [0, 0.05) is 27.7 Å². The molecule has 0 saturated heterocycles. The van der Waals surface area contributed by atoms with Gasteiger partial charge in [0.2, 0.25) is 0 Å². The Morgan fingerprint density at radius 2 is 1.14 bits per heavy atom. The summed E-state index contributed by atoms with van der Waals surface area (Å²) < 4.78 is 66.1. The topological polar surface area (TPSA) is 135 Å². The van der Waals surface area contributed by atoms with Crippen molar-refractivity contribution in [3.8, 4) is 22.3 Å². The molecular weight excluding hydrogens is 500 g/mol. The Bertz CT molecular complexity index is 1900. The molecule has 0 aliphatic heterocycles. The summed E-state index contributed by atoms with van der Waals surface area (Å²) in [5.74, 6) is 0. The minimum Gasteiger partial charge on any atom is -0.282 e. The van der Waals surface area contributed by atoms with Crippen molar-refractivity contribution in [3.63, 3.8) is 0 Å². The SMILES string of the molecule is Cc1cc(-c2ccc(S(=O)(=O)O)cc2)c2ccc3c(-c4ccccc4S(=O)(=O)O)cc(C)nc3c2n1. The van der Waals surface area contributed by atoms with E-state index >= 15 is 0 Å². The van der Waals surface area contributed by atoms with Crippen LogP contribution in [0.3, 0.4) is 0 Å². The quantitative estimate of drug-likeness (QED) is 0.243. The van der Waals surface area contributed by atoms with Gasteiger partial charge in [-0.2, -0.15) is 16.8 Å². The third kappa shape index (κ3) is 4.24. The number of fused-ring (bicyclic) bond motifs is 3. The zero-order valence-electron chi connectivity index (χ0n) is 19.2. The Hall–Kier alpha value is -3.70. The normalized spacial score (nSPS) is 12.3. The predicted octanol–water partition coefficient (Wildman–Crippen LogP) is 5.23. The van der Waals surface area contributed by atoms with E-state index in [1.807, 2.05) is 25.1 Å². The molecule has 2 N–H and O–H groups in total. The van der Waals surface area contributed by atoms with Gasteiger partial charge in [-0.25, -0.2) is 0 Å². The second-order valence-electron chi connectivity index (χ2n) is 8.45. The summed E-state index contributed by atoms with van der Waals surface area (Å²) in [5.41, 5.74) is 4.96. The molecule has 2 aromatic heterocycles. The van der Waals surface area contributed by atoms with Gasteiger partial charge >= 0.3 is 0 Å². The maximum Gasteiger partial charge on any atom is 0.295 e. The van der Waals surface area contributed by atoms with E-state index in [1.165, 1.54) is 18.2 Å². The Morgan fingerprint density at radius 1 is 0.611 bits per heavy atom. The zero-order valence-corrected chi connectivity index (χ0v) is 20.8. The van der Waals surface area contributed by atoms with E-state index < -0.39 is 20.2 Å². The van der Waals surface area contributed by atoms with Crippen LogP contribution in [0.15, 0.2) is 82.6 Å². The molecule has 0 amide bonds. The lowest BCUT2D eigenvalue weighted by atomic mass is 9.95. The monoisotopic (exact) mass is 520 g/mol. The smallest absolute Gasteiger partial charge is 0.282 e. The minimum atomic E-state index is -4.47. The van der Waals surface area contributed by atoms with Crippen molar-refractivity contribution < 1.29 is 25.9 Å². The molecule has 8 nitrogen and oxygen atoms in total. The van der Waals surface area contributed by atoms with Crippen LogP contribution in [-0.4, -0.2) is 35.9 Å². The second kappa shape index (κ2) is 8.45. The highest BCUT2D eigenvalue weighted by molar-refractivity contribution is 7.86. The number of pyridine rings is 2. The molecule has 5 aromatic rings. The van der Waals surface area contributed by atoms with Crippen LogP contribution in [-0.2, 0) is 20.2 Å². The molecular formula is C26H20N2O6S2. The Morgan fingerprint density at radius 3 is 1.69 bits per heavy atom. The first-order valence-corrected chi connectivity index (χ1v) is 13.7. The Labute approximate surface area is 207 Å². The second-order valence-corrected chi connectivity index (χ2v) is 11.3. The van der Waals surface area contributed by atoms with Crippen molar-refractivity contribution in [2.75, 3.05) is 0 Å². The van der Waals surface area contributed by atoms with Gasteiger partial charge in [0.15, 0.2) is 0 Å². The van der Waals surface area contributed by atoms with Gasteiger partial charge in [-0.1, -0.05) is 42.5 Å². The third-order valence-electron chi connectivity index (χ3n) is 5.93. The van der Waals surface area contributed by atoms with Crippen molar-refractivity contribution in [3.05, 3.63) is 84.2 Å². The van der Waals surface area contributed by atoms with Crippen LogP contribution in [0.2, 0.25) is 0 Å². The molecule has 5 rings (SSSR count). The summed E-state index contributed by atoms with van der Waals surface area (Å²) in [5, 5.41) is 1.43. The molecule has 0 aliphatic carbocycles. The highest BCUT2D eigenvalue weighted by Gasteiger charge is 2.20. The summed E-state index contributed by atoms with van der Waals surface area (Å²) in [7, 11) is -8.78. The van der Waals surface area contributed by atoms with Crippen LogP contribution < -0.4 is 0 Å². The van der Waals surface area contributed by atoms with Crippen molar-refractivity contribution >= 4 is 42.0 Å². The van der Waals surface area contributed by atoms with Gasteiger partial charge in [0.1, 0.15) is 4.90 Å². The third-order valence-corrected chi connectivity index (χ3v) is 7.71. The number of benzene rings is 3. The zero-order chi connectivity index (χ0) is 25.8. The Kier molecular flexibility index (Phi) is 5.64. The summed E-state index contributed by atoms with van der Waals surface area (Å²) >= 11 is 0. The van der Waals surface area contributed by atoms with Crippen LogP contribution in [0.1, 0.15) is 11.4 Å². The van der Waals surface area contributed by atoms with Gasteiger partial charge in [0.25, 0.3) is 20.2 Å². The van der Waals surface area contributed by atoms with Gasteiger partial charge in [0.05, 0.1) is 15.9 Å². The predicted molar refractivity (Wildman–Crippen MR) is 137 cm³/mol. The van der Waals surface area contributed by atoms with Crippen molar-refractivity contribution in [1.29, 1.82) is 0 Å². The highest BCUT2D eigenvalue weighted by Crippen LogP contribution is 2.38. The van der Waals surface area contributed by atoms with E-state index in [2.05, 4.69) is 0 Å². The molecule has 36 heavy (non-hydrogen) atoms. The molecule has 0 bridgehead atoms. The molecule has 0 spiro atoms. The lowest BCUT2D eigenvalue weighted by Crippen LogP contribution is -2.01. The van der Waals surface area contributed by atoms with Crippen LogP contribution in [0, 0.1) is 13.8 Å². The van der Waals surface area contributed by atoms with Crippen LogP contribution in [0.5, 0.6) is 0 Å². The van der Waals surface area contributed by atoms with Crippen molar-refractivity contribution in [2.45, 2.75) is 23.6 Å². The fraction of sp³-hybridized carbons (Fsp3) is 0.0769. The average molecular weight is 521 g/mol. The van der Waals surface area contributed by atoms with Gasteiger partial charge in [-0.05, 0) is 60.9 Å². The standard InChI is InChI=1S/C26H20N2O6S2/c1-15-13-22(17-7-9-18(10-8-17)35(29,30)31)20-11-12-21-23(14-16(2)28-26(21)25(20)27-15)19-5-3-4-6-24(19)36(32,33)34/h3-14H,1-2H3,(H,29,30,31)(H,32,33,34). The lowest BCUT2D eigenvalue weighted by molar-refractivity contribution is 0.481. The van der Waals surface area contributed by atoms with E-state index in [1.54, 1.807) is 43.3 Å². The molecule has 0 atom stereocenters. The van der Waals surface area contributed by atoms with E-state index in [0.29, 0.717) is 38.9 Å². The molecule has 10 heteroatoms. The lowest BCUT2D eigenvalue weighted by Gasteiger charge is -2.15. The first kappa shape index (κ1) is 24.0. The van der Waals surface area contributed by atoms with Gasteiger partial charge in [-0.3, -0.25) is 19.1 Å².